The van der Waals surface area contributed by atoms with E-state index in [-0.39, 0.29) is 5.91 Å². The summed E-state index contributed by atoms with van der Waals surface area (Å²) in [7, 11) is 0. The lowest BCUT2D eigenvalue weighted by Crippen LogP contribution is -2.21. The summed E-state index contributed by atoms with van der Waals surface area (Å²) >= 11 is 4.87. The minimum absolute atomic E-state index is 0.207. The Morgan fingerprint density at radius 2 is 2.11 bits per heavy atom. The maximum atomic E-state index is 11.5. The summed E-state index contributed by atoms with van der Waals surface area (Å²) in [5.74, 6) is -0.207. The number of aromatic nitrogens is 1. The first kappa shape index (κ1) is 10.9. The normalized spacial score (nSPS) is 17.0. The molecular weight excluding hydrogens is 246 g/mol. The summed E-state index contributed by atoms with van der Waals surface area (Å²) < 4.78 is 0. The lowest BCUT2D eigenvalue weighted by Gasteiger charge is -1.99. The van der Waals surface area contributed by atoms with Crippen molar-refractivity contribution in [3.8, 4) is 0 Å². The third kappa shape index (κ3) is 1.96. The Hall–Kier alpha value is -2.27. The number of fused-ring (bicyclic) bond motifs is 1. The van der Waals surface area contributed by atoms with Crippen LogP contribution in [0.2, 0.25) is 0 Å². The molecule has 1 aliphatic heterocycles. The Morgan fingerprint density at radius 3 is 2.89 bits per heavy atom. The van der Waals surface area contributed by atoms with Crippen molar-refractivity contribution in [3.05, 3.63) is 47.8 Å². The van der Waals surface area contributed by atoms with Gasteiger partial charge in [-0.2, -0.15) is 0 Å². The summed E-state index contributed by atoms with van der Waals surface area (Å²) in [4.78, 5) is 15.8. The fourth-order valence-electron chi connectivity index (χ4n) is 1.82. The van der Waals surface area contributed by atoms with Crippen LogP contribution in [0.4, 0.5) is 0 Å². The first-order valence-corrected chi connectivity index (χ1v) is 5.82. The number of nitrogens with one attached hydrogen (secondary N) is 2. The molecule has 4 nitrogen and oxygen atoms in total. The van der Waals surface area contributed by atoms with Crippen LogP contribution in [0.25, 0.3) is 17.0 Å². The molecule has 18 heavy (non-hydrogen) atoms. The topological polar surface area (TPSA) is 54.0 Å². The van der Waals surface area contributed by atoms with Crippen LogP contribution < -0.4 is 10.6 Å². The van der Waals surface area contributed by atoms with Gasteiger partial charge in [0.15, 0.2) is 5.11 Å². The van der Waals surface area contributed by atoms with Gasteiger partial charge in [0.2, 0.25) is 0 Å². The van der Waals surface area contributed by atoms with Gasteiger partial charge in [0.1, 0.15) is 5.70 Å². The van der Waals surface area contributed by atoms with Crippen molar-refractivity contribution in [2.24, 2.45) is 0 Å². The second-order valence-corrected chi connectivity index (χ2v) is 4.33. The van der Waals surface area contributed by atoms with E-state index in [4.69, 9.17) is 12.2 Å². The number of amides is 1. The van der Waals surface area contributed by atoms with Crippen molar-refractivity contribution in [2.45, 2.75) is 0 Å². The molecule has 2 aromatic rings. The number of carbonyl (C=O) groups is 1. The molecule has 2 heterocycles. The van der Waals surface area contributed by atoms with E-state index < -0.39 is 0 Å². The van der Waals surface area contributed by atoms with E-state index in [1.165, 1.54) is 0 Å². The van der Waals surface area contributed by atoms with Gasteiger partial charge < -0.3 is 5.32 Å². The van der Waals surface area contributed by atoms with Gasteiger partial charge in [-0.15, -0.1) is 0 Å². The molecule has 1 amide bonds. The average Bonchev–Trinajstić information content (AvgIpc) is 2.68. The molecule has 1 aromatic carbocycles. The highest BCUT2D eigenvalue weighted by atomic mass is 32.1. The summed E-state index contributed by atoms with van der Waals surface area (Å²) in [6.07, 6.45) is 3.50. The van der Waals surface area contributed by atoms with Crippen molar-refractivity contribution < 1.29 is 4.79 Å². The van der Waals surface area contributed by atoms with Gasteiger partial charge >= 0.3 is 0 Å². The highest BCUT2D eigenvalue weighted by Gasteiger charge is 2.19. The molecule has 88 valence electrons. The zero-order valence-corrected chi connectivity index (χ0v) is 10.1. The lowest BCUT2D eigenvalue weighted by molar-refractivity contribution is -0.115. The number of hydrogen-bond acceptors (Lipinski definition) is 3. The maximum absolute atomic E-state index is 11.5. The van der Waals surface area contributed by atoms with E-state index in [2.05, 4.69) is 15.6 Å². The van der Waals surface area contributed by atoms with Crippen LogP contribution >= 0.6 is 12.2 Å². The molecule has 1 saturated heterocycles. The van der Waals surface area contributed by atoms with E-state index in [1.54, 1.807) is 12.3 Å². The summed E-state index contributed by atoms with van der Waals surface area (Å²) in [5.41, 5.74) is 2.26. The van der Waals surface area contributed by atoms with Crippen LogP contribution in [0.15, 0.2) is 42.2 Å². The molecular formula is C13H9N3OS. The molecule has 0 atom stereocenters. The molecule has 0 aliphatic carbocycles. The van der Waals surface area contributed by atoms with E-state index in [9.17, 15) is 4.79 Å². The first-order valence-electron chi connectivity index (χ1n) is 5.41. The van der Waals surface area contributed by atoms with Gasteiger partial charge in [-0.3, -0.25) is 15.1 Å². The predicted molar refractivity (Wildman–Crippen MR) is 73.6 cm³/mol. The van der Waals surface area contributed by atoms with Gasteiger partial charge in [-0.25, -0.2) is 0 Å². The Balaban J connectivity index is 2.02. The Labute approximate surface area is 109 Å². The molecule has 3 rings (SSSR count). The van der Waals surface area contributed by atoms with Crippen LogP contribution in [0.1, 0.15) is 5.56 Å². The lowest BCUT2D eigenvalue weighted by atomic mass is 10.1. The number of carbonyl (C=O) groups excluding carboxylic acids is 1. The van der Waals surface area contributed by atoms with Crippen LogP contribution in [0.3, 0.4) is 0 Å². The van der Waals surface area contributed by atoms with Gasteiger partial charge in [0, 0.05) is 11.6 Å². The number of nitrogens with zero attached hydrogens (tertiary/aromatic N) is 1. The fourth-order valence-corrected chi connectivity index (χ4v) is 2.02. The van der Waals surface area contributed by atoms with Crippen LogP contribution in [-0.4, -0.2) is 16.0 Å². The molecule has 1 aromatic heterocycles. The van der Waals surface area contributed by atoms with Crippen LogP contribution in [0.5, 0.6) is 0 Å². The minimum atomic E-state index is -0.207. The van der Waals surface area contributed by atoms with E-state index in [0.29, 0.717) is 10.8 Å². The summed E-state index contributed by atoms with van der Waals surface area (Å²) in [6, 6.07) is 9.73. The van der Waals surface area contributed by atoms with Gasteiger partial charge in [-0.1, -0.05) is 18.2 Å². The van der Waals surface area contributed by atoms with Crippen molar-refractivity contribution in [1.82, 2.24) is 15.6 Å². The van der Waals surface area contributed by atoms with Crippen LogP contribution in [-0.2, 0) is 4.79 Å². The van der Waals surface area contributed by atoms with Crippen LogP contribution in [0, 0.1) is 0 Å². The predicted octanol–water partition coefficient (Wildman–Crippen LogP) is 1.58. The third-order valence-electron chi connectivity index (χ3n) is 2.66. The van der Waals surface area contributed by atoms with Gasteiger partial charge in [0.25, 0.3) is 5.91 Å². The van der Waals surface area contributed by atoms with Crippen molar-refractivity contribution in [2.75, 3.05) is 0 Å². The molecule has 0 radical (unpaired) electrons. The van der Waals surface area contributed by atoms with Crippen molar-refractivity contribution in [3.63, 3.8) is 0 Å². The molecule has 0 spiro atoms. The number of benzene rings is 1. The Kier molecular flexibility index (Phi) is 2.53. The van der Waals surface area contributed by atoms with Crippen molar-refractivity contribution in [1.29, 1.82) is 0 Å². The smallest absolute Gasteiger partial charge is 0.273 e. The third-order valence-corrected chi connectivity index (χ3v) is 2.86. The second-order valence-electron chi connectivity index (χ2n) is 3.92. The molecule has 1 fully saturated rings. The average molecular weight is 255 g/mol. The SMILES string of the molecule is O=C1NC(=S)N/C1=C\c1ccc2cccnc2c1. The number of pyridine rings is 1. The fraction of sp³-hybridized carbons (Fsp3) is 0. The standard InChI is InChI=1S/C13H9N3OS/c17-12-11(15-13(18)16-12)7-8-3-4-9-2-1-5-14-10(9)6-8/h1-7H,(H2,15,16,17,18)/b11-7-. The number of thiocarbonyl (C=S) groups is 1. The Morgan fingerprint density at radius 1 is 1.22 bits per heavy atom. The molecule has 5 heteroatoms. The maximum Gasteiger partial charge on any atom is 0.273 e. The zero-order chi connectivity index (χ0) is 12.5. The highest BCUT2D eigenvalue weighted by Crippen LogP contribution is 2.15. The zero-order valence-electron chi connectivity index (χ0n) is 9.31. The van der Waals surface area contributed by atoms with Crippen molar-refractivity contribution >= 4 is 40.2 Å². The molecule has 1 aliphatic rings. The largest absolute Gasteiger partial charge is 0.328 e. The van der Waals surface area contributed by atoms with E-state index in [0.717, 1.165) is 16.5 Å². The van der Waals surface area contributed by atoms with E-state index in [1.807, 2.05) is 30.3 Å². The molecule has 0 saturated carbocycles. The molecule has 0 unspecified atom stereocenters. The molecule has 0 bridgehead atoms. The summed E-state index contributed by atoms with van der Waals surface area (Å²) in [6.45, 7) is 0. The number of hydrogen-bond donors (Lipinski definition) is 2. The Bertz CT molecular complexity index is 693. The number of rotatable bonds is 1. The highest BCUT2D eigenvalue weighted by molar-refractivity contribution is 7.80. The van der Waals surface area contributed by atoms with E-state index >= 15 is 0 Å². The monoisotopic (exact) mass is 255 g/mol. The molecule has 2 N–H and O–H groups in total. The quantitative estimate of drug-likeness (QED) is 0.600. The minimum Gasteiger partial charge on any atom is -0.328 e. The second kappa shape index (κ2) is 4.19. The van der Waals surface area contributed by atoms with Gasteiger partial charge in [-0.05, 0) is 36.0 Å². The first-order chi connectivity index (χ1) is 8.72. The van der Waals surface area contributed by atoms with Gasteiger partial charge in [0.05, 0.1) is 5.52 Å². The summed E-state index contributed by atoms with van der Waals surface area (Å²) in [5, 5.41) is 6.74.